The Balaban J connectivity index is 1.89. The van der Waals surface area contributed by atoms with Crippen LogP contribution < -0.4 is 10.2 Å². The SMILES string of the molecule is CC(=O)N(CC(=O)NCCC1=CCCCC1)c1ccc(C)c(Br)c1. The Morgan fingerprint density at radius 2 is 2.08 bits per heavy atom. The van der Waals surface area contributed by atoms with E-state index in [2.05, 4.69) is 27.3 Å². The number of anilines is 1. The second kappa shape index (κ2) is 9.02. The first-order valence-corrected chi connectivity index (χ1v) is 9.25. The van der Waals surface area contributed by atoms with Crippen LogP contribution in [0.5, 0.6) is 0 Å². The predicted octanol–water partition coefficient (Wildman–Crippen LogP) is 4.12. The molecule has 130 valence electrons. The van der Waals surface area contributed by atoms with Gasteiger partial charge in [-0.25, -0.2) is 0 Å². The molecule has 1 aromatic rings. The predicted molar refractivity (Wildman–Crippen MR) is 101 cm³/mol. The van der Waals surface area contributed by atoms with Gasteiger partial charge in [0.25, 0.3) is 0 Å². The molecule has 5 heteroatoms. The van der Waals surface area contributed by atoms with Crippen LogP contribution in [-0.4, -0.2) is 24.9 Å². The van der Waals surface area contributed by atoms with Crippen molar-refractivity contribution >= 4 is 33.4 Å². The normalized spacial score (nSPS) is 14.0. The van der Waals surface area contributed by atoms with Crippen molar-refractivity contribution in [1.29, 1.82) is 0 Å². The van der Waals surface area contributed by atoms with Gasteiger partial charge in [-0.2, -0.15) is 0 Å². The minimum Gasteiger partial charge on any atom is -0.354 e. The minimum atomic E-state index is -0.143. The molecule has 24 heavy (non-hydrogen) atoms. The average molecular weight is 393 g/mol. The first-order valence-electron chi connectivity index (χ1n) is 8.46. The first kappa shape index (κ1) is 18.7. The number of nitrogens with zero attached hydrogens (tertiary/aromatic N) is 1. The van der Waals surface area contributed by atoms with Crippen molar-refractivity contribution in [2.45, 2.75) is 46.0 Å². The Hall–Kier alpha value is -1.62. The van der Waals surface area contributed by atoms with Crippen LogP contribution in [0.15, 0.2) is 34.3 Å². The quantitative estimate of drug-likeness (QED) is 0.740. The van der Waals surface area contributed by atoms with E-state index in [1.165, 1.54) is 30.2 Å². The molecule has 0 saturated heterocycles. The monoisotopic (exact) mass is 392 g/mol. The van der Waals surface area contributed by atoms with Crippen LogP contribution in [0, 0.1) is 6.92 Å². The number of allylic oxidation sites excluding steroid dienone is 1. The number of hydrogen-bond donors (Lipinski definition) is 1. The third-order valence-electron chi connectivity index (χ3n) is 4.30. The van der Waals surface area contributed by atoms with Crippen LogP contribution in [0.2, 0.25) is 0 Å². The molecule has 0 unspecified atom stereocenters. The molecule has 0 bridgehead atoms. The maximum Gasteiger partial charge on any atom is 0.240 e. The lowest BCUT2D eigenvalue weighted by molar-refractivity contribution is -0.123. The summed E-state index contributed by atoms with van der Waals surface area (Å²) in [5.74, 6) is -0.269. The van der Waals surface area contributed by atoms with Gasteiger partial charge in [-0.3, -0.25) is 9.59 Å². The summed E-state index contributed by atoms with van der Waals surface area (Å²) < 4.78 is 0.927. The molecular weight excluding hydrogens is 368 g/mol. The fraction of sp³-hybridized carbons (Fsp3) is 0.474. The first-order chi connectivity index (χ1) is 11.5. The maximum atomic E-state index is 12.2. The van der Waals surface area contributed by atoms with Crippen LogP contribution >= 0.6 is 15.9 Å². The number of nitrogens with one attached hydrogen (secondary N) is 1. The summed E-state index contributed by atoms with van der Waals surface area (Å²) in [7, 11) is 0. The fourth-order valence-corrected chi connectivity index (χ4v) is 3.19. The van der Waals surface area contributed by atoms with Gasteiger partial charge in [0.1, 0.15) is 6.54 Å². The molecule has 1 N–H and O–H groups in total. The standard InChI is InChI=1S/C19H25BrN2O2/c1-14-8-9-17(12-18(14)20)22(15(2)23)13-19(24)21-11-10-16-6-4-3-5-7-16/h6,8-9,12H,3-5,7,10-11,13H2,1-2H3,(H,21,24). The molecule has 0 aromatic heterocycles. The van der Waals surface area contributed by atoms with E-state index in [9.17, 15) is 9.59 Å². The van der Waals surface area contributed by atoms with E-state index in [-0.39, 0.29) is 18.4 Å². The highest BCUT2D eigenvalue weighted by Gasteiger charge is 2.16. The molecule has 1 aliphatic rings. The Morgan fingerprint density at radius 1 is 1.29 bits per heavy atom. The largest absolute Gasteiger partial charge is 0.354 e. The molecular formula is C19H25BrN2O2. The lowest BCUT2D eigenvalue weighted by Crippen LogP contribution is -2.40. The molecule has 0 atom stereocenters. The number of rotatable bonds is 6. The number of amides is 2. The van der Waals surface area contributed by atoms with Crippen molar-refractivity contribution in [2.75, 3.05) is 18.0 Å². The third-order valence-corrected chi connectivity index (χ3v) is 5.16. The number of hydrogen-bond acceptors (Lipinski definition) is 2. The second-order valence-electron chi connectivity index (χ2n) is 6.25. The van der Waals surface area contributed by atoms with E-state index < -0.39 is 0 Å². The Morgan fingerprint density at radius 3 is 2.71 bits per heavy atom. The molecule has 0 heterocycles. The highest BCUT2D eigenvalue weighted by atomic mass is 79.9. The van der Waals surface area contributed by atoms with Crippen LogP contribution in [0.4, 0.5) is 5.69 Å². The average Bonchev–Trinajstić information content (AvgIpc) is 2.56. The van der Waals surface area contributed by atoms with E-state index >= 15 is 0 Å². The van der Waals surface area contributed by atoms with Gasteiger partial charge in [0.05, 0.1) is 0 Å². The topological polar surface area (TPSA) is 49.4 Å². The van der Waals surface area contributed by atoms with Crippen molar-refractivity contribution in [3.8, 4) is 0 Å². The molecule has 0 radical (unpaired) electrons. The van der Waals surface area contributed by atoms with E-state index in [0.29, 0.717) is 6.54 Å². The molecule has 0 saturated carbocycles. The summed E-state index contributed by atoms with van der Waals surface area (Å²) in [6, 6.07) is 5.67. The lowest BCUT2D eigenvalue weighted by Gasteiger charge is -2.21. The van der Waals surface area contributed by atoms with Crippen molar-refractivity contribution in [2.24, 2.45) is 0 Å². The highest BCUT2D eigenvalue weighted by molar-refractivity contribution is 9.10. The second-order valence-corrected chi connectivity index (χ2v) is 7.10. The Bertz CT molecular complexity index is 640. The molecule has 0 fully saturated rings. The van der Waals surface area contributed by atoms with Gasteiger partial charge in [-0.15, -0.1) is 0 Å². The molecule has 2 rings (SSSR count). The molecule has 1 aliphatic carbocycles. The zero-order valence-corrected chi connectivity index (χ0v) is 16.0. The van der Waals surface area contributed by atoms with E-state index in [0.717, 1.165) is 35.0 Å². The van der Waals surface area contributed by atoms with E-state index in [4.69, 9.17) is 0 Å². The van der Waals surface area contributed by atoms with Crippen molar-refractivity contribution in [1.82, 2.24) is 5.32 Å². The smallest absolute Gasteiger partial charge is 0.240 e. The van der Waals surface area contributed by atoms with Gasteiger partial charge in [0, 0.05) is 23.6 Å². The Kier molecular flexibility index (Phi) is 7.03. The summed E-state index contributed by atoms with van der Waals surface area (Å²) in [5, 5.41) is 2.93. The molecule has 4 nitrogen and oxygen atoms in total. The third kappa shape index (κ3) is 5.48. The van der Waals surface area contributed by atoms with Gasteiger partial charge >= 0.3 is 0 Å². The van der Waals surface area contributed by atoms with Gasteiger partial charge < -0.3 is 10.2 Å². The van der Waals surface area contributed by atoms with Crippen LogP contribution in [0.25, 0.3) is 0 Å². The fourth-order valence-electron chi connectivity index (χ4n) is 2.83. The Labute approximate surface area is 152 Å². The zero-order chi connectivity index (χ0) is 17.5. The molecule has 0 spiro atoms. The summed E-state index contributed by atoms with van der Waals surface area (Å²) in [5.41, 5.74) is 3.25. The van der Waals surface area contributed by atoms with Crippen LogP contribution in [0.3, 0.4) is 0 Å². The minimum absolute atomic E-state index is 0.0455. The van der Waals surface area contributed by atoms with E-state index in [1.54, 1.807) is 0 Å². The summed E-state index contributed by atoms with van der Waals surface area (Å²) in [6.45, 7) is 4.14. The summed E-state index contributed by atoms with van der Waals surface area (Å²) >= 11 is 3.47. The van der Waals surface area contributed by atoms with E-state index in [1.807, 2.05) is 25.1 Å². The number of benzene rings is 1. The van der Waals surface area contributed by atoms with Crippen molar-refractivity contribution in [3.05, 3.63) is 39.9 Å². The number of halogens is 1. The van der Waals surface area contributed by atoms with Gasteiger partial charge in [0.2, 0.25) is 11.8 Å². The van der Waals surface area contributed by atoms with Gasteiger partial charge in [0.15, 0.2) is 0 Å². The summed E-state index contributed by atoms with van der Waals surface area (Å²) in [6.07, 6.45) is 8.02. The molecule has 1 aromatic carbocycles. The number of aryl methyl sites for hydroxylation is 1. The number of carbonyl (C=O) groups excluding carboxylic acids is 2. The van der Waals surface area contributed by atoms with Crippen molar-refractivity contribution in [3.63, 3.8) is 0 Å². The van der Waals surface area contributed by atoms with Crippen LogP contribution in [-0.2, 0) is 9.59 Å². The van der Waals surface area contributed by atoms with Gasteiger partial charge in [-0.1, -0.05) is 33.6 Å². The van der Waals surface area contributed by atoms with Crippen LogP contribution in [0.1, 0.15) is 44.6 Å². The molecule has 2 amide bonds. The number of carbonyl (C=O) groups is 2. The lowest BCUT2D eigenvalue weighted by atomic mass is 9.97. The highest BCUT2D eigenvalue weighted by Crippen LogP contribution is 2.24. The maximum absolute atomic E-state index is 12.2. The molecule has 0 aliphatic heterocycles. The van der Waals surface area contributed by atoms with Gasteiger partial charge in [-0.05, 0) is 56.7 Å². The zero-order valence-electron chi connectivity index (χ0n) is 14.4. The van der Waals surface area contributed by atoms with Crippen molar-refractivity contribution < 1.29 is 9.59 Å². The summed E-state index contributed by atoms with van der Waals surface area (Å²) in [4.78, 5) is 25.6.